The summed E-state index contributed by atoms with van der Waals surface area (Å²) in [4.78, 5) is 9.88. The Kier molecular flexibility index (Phi) is 7.42. The molecule has 210 valence electrons. The lowest BCUT2D eigenvalue weighted by Crippen LogP contribution is -2.52. The lowest BCUT2D eigenvalue weighted by Gasteiger charge is -2.25. The highest BCUT2D eigenvalue weighted by atomic mass is 28.3. The zero-order valence-corrected chi connectivity index (χ0v) is 26.5. The maximum absolute atomic E-state index is 4.97. The van der Waals surface area contributed by atoms with Crippen LogP contribution >= 0.6 is 0 Å². The molecule has 2 aromatic heterocycles. The Morgan fingerprint density at radius 2 is 1.26 bits per heavy atom. The maximum atomic E-state index is 4.97. The molecule has 0 radical (unpaired) electrons. The number of nitrogens with zero attached hydrogens (tertiary/aromatic N) is 3. The van der Waals surface area contributed by atoms with E-state index < -0.39 is 8.07 Å². The van der Waals surface area contributed by atoms with Gasteiger partial charge in [0.15, 0.2) is 0 Å². The van der Waals surface area contributed by atoms with Crippen LogP contribution in [0, 0.1) is 0 Å². The van der Waals surface area contributed by atoms with Gasteiger partial charge in [0.05, 0.1) is 16.9 Å². The molecule has 0 saturated heterocycles. The van der Waals surface area contributed by atoms with E-state index in [1.54, 1.807) is 0 Å². The zero-order valence-electron chi connectivity index (χ0n) is 25.5. The van der Waals surface area contributed by atoms with Gasteiger partial charge in [0.2, 0.25) is 0 Å². The van der Waals surface area contributed by atoms with Gasteiger partial charge in [-0.15, -0.1) is 0 Å². The number of pyridine rings is 1. The minimum Gasteiger partial charge on any atom is -0.299 e. The molecule has 0 amide bonds. The van der Waals surface area contributed by atoms with Crippen molar-refractivity contribution in [1.29, 1.82) is 0 Å². The minimum atomic E-state index is -2.04. The number of rotatable bonds is 7. The lowest BCUT2D eigenvalue weighted by atomic mass is 9.92. The van der Waals surface area contributed by atoms with E-state index in [-0.39, 0.29) is 0 Å². The van der Waals surface area contributed by atoms with Crippen molar-refractivity contribution in [3.8, 4) is 28.3 Å². The van der Waals surface area contributed by atoms with Crippen LogP contribution in [0.2, 0.25) is 13.1 Å². The summed E-state index contributed by atoms with van der Waals surface area (Å²) in [6.45, 7) is 14.0. The second kappa shape index (κ2) is 11.2. The van der Waals surface area contributed by atoms with Gasteiger partial charge in [-0.05, 0) is 35.1 Å². The molecule has 0 aliphatic carbocycles. The molecule has 6 rings (SSSR count). The average molecular weight is 566 g/mol. The number of hydrogen-bond acceptors (Lipinski definition) is 2. The number of hydrogen-bond donors (Lipinski definition) is 0. The molecular formula is C38H39N3Si. The van der Waals surface area contributed by atoms with E-state index in [0.717, 1.165) is 28.2 Å². The van der Waals surface area contributed by atoms with Gasteiger partial charge in [-0.1, -0.05) is 142 Å². The molecule has 6 aromatic rings. The molecule has 3 nitrogen and oxygen atoms in total. The smallest absolute Gasteiger partial charge is 0.144 e. The third-order valence-corrected chi connectivity index (χ3v) is 12.1. The van der Waals surface area contributed by atoms with Crippen LogP contribution < -0.4 is 10.4 Å². The van der Waals surface area contributed by atoms with Gasteiger partial charge < -0.3 is 0 Å². The summed E-state index contributed by atoms with van der Waals surface area (Å²) in [7, 11) is -2.04. The molecular weight excluding hydrogens is 527 g/mol. The van der Waals surface area contributed by atoms with Crippen molar-refractivity contribution in [2.24, 2.45) is 0 Å². The number of para-hydroxylation sites is 2. The van der Waals surface area contributed by atoms with Crippen LogP contribution in [-0.2, 0) is 0 Å². The zero-order chi connectivity index (χ0) is 29.4. The largest absolute Gasteiger partial charge is 0.299 e. The van der Waals surface area contributed by atoms with E-state index in [4.69, 9.17) is 9.97 Å². The fourth-order valence-corrected chi connectivity index (χ4v) is 8.39. The van der Waals surface area contributed by atoms with Crippen LogP contribution in [0.1, 0.15) is 50.7 Å². The highest BCUT2D eigenvalue weighted by Crippen LogP contribution is 2.34. The summed E-state index contributed by atoms with van der Waals surface area (Å²) in [5, 5.41) is 3.95. The number of imidazole rings is 1. The van der Waals surface area contributed by atoms with Crippen molar-refractivity contribution < 1.29 is 0 Å². The molecule has 0 spiro atoms. The Labute approximate surface area is 251 Å². The number of fused-ring (bicyclic) bond motifs is 1. The standard InChI is InChI=1S/C38H39N3Si/c1-26(2)33-17-11-18-34(27(3)4)37(33)41-23-22-39-38(41)30-14-10-16-32(25-30)42(5,6)31-15-9-13-29(24-31)36-21-20-28-12-7-8-19-35(28)40-36/h7-27H,1-6H3. The van der Waals surface area contributed by atoms with Gasteiger partial charge in [0, 0.05) is 28.9 Å². The van der Waals surface area contributed by atoms with Crippen LogP contribution in [0.4, 0.5) is 0 Å². The Hall–Kier alpha value is -4.28. The minimum absolute atomic E-state index is 0.413. The van der Waals surface area contributed by atoms with Crippen molar-refractivity contribution in [3.63, 3.8) is 0 Å². The Bertz CT molecular complexity index is 1850. The summed E-state index contributed by atoms with van der Waals surface area (Å²) in [6.07, 6.45) is 4.06. The second-order valence-corrected chi connectivity index (χ2v) is 16.8. The van der Waals surface area contributed by atoms with Crippen LogP contribution in [0.25, 0.3) is 39.2 Å². The van der Waals surface area contributed by atoms with E-state index in [2.05, 4.69) is 155 Å². The SMILES string of the molecule is CC(C)c1cccc(C(C)C)c1-n1ccnc1-c1cccc([Si](C)(C)c2cccc(-c3ccc4ccccc4n3)c2)c1. The van der Waals surface area contributed by atoms with Gasteiger partial charge >= 0.3 is 0 Å². The molecule has 0 unspecified atom stereocenters. The van der Waals surface area contributed by atoms with Gasteiger partial charge in [-0.2, -0.15) is 0 Å². The van der Waals surface area contributed by atoms with Crippen molar-refractivity contribution in [2.75, 3.05) is 0 Å². The van der Waals surface area contributed by atoms with Crippen molar-refractivity contribution in [3.05, 3.63) is 127 Å². The van der Waals surface area contributed by atoms with Crippen LogP contribution in [0.3, 0.4) is 0 Å². The summed E-state index contributed by atoms with van der Waals surface area (Å²) in [6, 6.07) is 37.4. The first-order valence-electron chi connectivity index (χ1n) is 15.0. The van der Waals surface area contributed by atoms with E-state index in [9.17, 15) is 0 Å². The normalized spacial score (nSPS) is 12.0. The lowest BCUT2D eigenvalue weighted by molar-refractivity contribution is 0.807. The molecule has 4 aromatic carbocycles. The van der Waals surface area contributed by atoms with E-state index >= 15 is 0 Å². The average Bonchev–Trinajstić information content (AvgIpc) is 3.50. The number of benzene rings is 4. The predicted molar refractivity (Wildman–Crippen MR) is 181 cm³/mol. The fourth-order valence-electron chi connectivity index (χ4n) is 6.00. The van der Waals surface area contributed by atoms with Crippen molar-refractivity contribution in [2.45, 2.75) is 52.6 Å². The summed E-state index contributed by atoms with van der Waals surface area (Å²) >= 11 is 0. The third kappa shape index (κ3) is 5.12. The summed E-state index contributed by atoms with van der Waals surface area (Å²) < 4.78 is 2.31. The van der Waals surface area contributed by atoms with Crippen molar-refractivity contribution >= 4 is 29.4 Å². The Morgan fingerprint density at radius 3 is 1.95 bits per heavy atom. The van der Waals surface area contributed by atoms with Crippen LogP contribution in [0.15, 0.2) is 116 Å². The maximum Gasteiger partial charge on any atom is 0.144 e. The molecule has 0 aliphatic rings. The highest BCUT2D eigenvalue weighted by Gasteiger charge is 2.27. The van der Waals surface area contributed by atoms with Crippen LogP contribution in [0.5, 0.6) is 0 Å². The Morgan fingerprint density at radius 1 is 0.643 bits per heavy atom. The van der Waals surface area contributed by atoms with E-state index in [1.807, 2.05) is 6.20 Å². The molecule has 2 heterocycles. The summed E-state index contributed by atoms with van der Waals surface area (Å²) in [5.41, 5.74) is 8.33. The number of aromatic nitrogens is 3. The van der Waals surface area contributed by atoms with E-state index in [0.29, 0.717) is 11.8 Å². The second-order valence-electron chi connectivity index (χ2n) is 12.4. The van der Waals surface area contributed by atoms with Gasteiger partial charge in [0.1, 0.15) is 13.9 Å². The van der Waals surface area contributed by atoms with Gasteiger partial charge in [0.25, 0.3) is 0 Å². The highest BCUT2D eigenvalue weighted by molar-refractivity contribution is 7.00. The molecule has 0 saturated carbocycles. The molecule has 4 heteroatoms. The Balaban J connectivity index is 1.40. The summed E-state index contributed by atoms with van der Waals surface area (Å²) in [5.74, 6) is 1.82. The molecule has 42 heavy (non-hydrogen) atoms. The third-order valence-electron chi connectivity index (χ3n) is 8.55. The first kappa shape index (κ1) is 27.9. The van der Waals surface area contributed by atoms with Crippen molar-refractivity contribution in [1.82, 2.24) is 14.5 Å². The molecule has 0 aliphatic heterocycles. The molecule has 0 N–H and O–H groups in total. The molecule has 0 bridgehead atoms. The quantitative estimate of drug-likeness (QED) is 0.181. The first-order valence-corrected chi connectivity index (χ1v) is 18.0. The fraction of sp³-hybridized carbons (Fsp3) is 0.211. The van der Waals surface area contributed by atoms with Gasteiger partial charge in [-0.25, -0.2) is 9.97 Å². The topological polar surface area (TPSA) is 30.7 Å². The monoisotopic (exact) mass is 565 g/mol. The van der Waals surface area contributed by atoms with Gasteiger partial charge in [-0.3, -0.25) is 4.57 Å². The predicted octanol–water partition coefficient (Wildman–Crippen LogP) is 8.82. The van der Waals surface area contributed by atoms with Crippen LogP contribution in [-0.4, -0.2) is 22.6 Å². The van der Waals surface area contributed by atoms with E-state index in [1.165, 1.54) is 32.6 Å². The molecule has 0 atom stereocenters. The molecule has 0 fully saturated rings. The first-order chi connectivity index (χ1) is 20.2.